The van der Waals surface area contributed by atoms with E-state index in [0.29, 0.717) is 12.8 Å². The summed E-state index contributed by atoms with van der Waals surface area (Å²) in [5.74, 6) is -0.611. The van der Waals surface area contributed by atoms with Crippen LogP contribution < -0.4 is 5.32 Å². The highest BCUT2D eigenvalue weighted by atomic mass is 31.2. The van der Waals surface area contributed by atoms with Gasteiger partial charge < -0.3 is 20.1 Å². The van der Waals surface area contributed by atoms with Gasteiger partial charge in [-0.1, -0.05) is 145 Å². The molecule has 2 unspecified atom stereocenters. The van der Waals surface area contributed by atoms with E-state index in [1.165, 1.54) is 44.9 Å². The van der Waals surface area contributed by atoms with Crippen molar-refractivity contribution in [3.63, 3.8) is 0 Å². The van der Waals surface area contributed by atoms with E-state index in [1.807, 2.05) is 12.2 Å². The Balaban J connectivity index is 3.77. The summed E-state index contributed by atoms with van der Waals surface area (Å²) >= 11 is 0. The first-order valence-electron chi connectivity index (χ1n) is 18.9. The van der Waals surface area contributed by atoms with Crippen molar-refractivity contribution in [1.82, 2.24) is 5.32 Å². The van der Waals surface area contributed by atoms with Gasteiger partial charge in [0, 0.05) is 19.4 Å². The summed E-state index contributed by atoms with van der Waals surface area (Å²) in [4.78, 5) is 33.7. The lowest BCUT2D eigenvalue weighted by Crippen LogP contribution is -2.27. The molecule has 286 valence electrons. The Morgan fingerprint density at radius 3 is 1.64 bits per heavy atom. The van der Waals surface area contributed by atoms with Gasteiger partial charge in [0.1, 0.15) is 12.7 Å². The maximum absolute atomic E-state index is 12.0. The third-order valence-electron chi connectivity index (χ3n) is 7.41. The van der Waals surface area contributed by atoms with Gasteiger partial charge in [-0.05, 0) is 51.4 Å². The molecule has 0 saturated heterocycles. The van der Waals surface area contributed by atoms with Crippen LogP contribution in [0.2, 0.25) is 0 Å². The van der Waals surface area contributed by atoms with Crippen molar-refractivity contribution >= 4 is 19.7 Å². The average molecular weight is 722 g/mol. The zero-order chi connectivity index (χ0) is 36.8. The number of allylic oxidation sites excluding steroid dienone is 12. The molecule has 0 spiro atoms. The molecule has 50 heavy (non-hydrogen) atoms. The van der Waals surface area contributed by atoms with Crippen molar-refractivity contribution in [2.24, 2.45) is 0 Å². The average Bonchev–Trinajstić information content (AvgIpc) is 3.10. The Morgan fingerprint density at radius 2 is 1.12 bits per heavy atom. The maximum Gasteiger partial charge on any atom is 0.472 e. The first kappa shape index (κ1) is 47.4. The number of nitrogens with one attached hydrogen (secondary N) is 1. The molecule has 2 atom stereocenters. The fraction of sp³-hybridized carbons (Fsp3) is 0.650. The topological polar surface area (TPSA) is 131 Å². The van der Waals surface area contributed by atoms with E-state index >= 15 is 0 Å². The summed E-state index contributed by atoms with van der Waals surface area (Å²) in [6.07, 6.45) is 42.8. The number of hydrogen-bond donors (Lipinski definition) is 3. The van der Waals surface area contributed by atoms with E-state index < -0.39 is 26.5 Å². The number of esters is 1. The fourth-order valence-corrected chi connectivity index (χ4v) is 5.33. The molecule has 0 radical (unpaired) electrons. The quantitative estimate of drug-likeness (QED) is 0.0259. The van der Waals surface area contributed by atoms with Crippen molar-refractivity contribution in [2.75, 3.05) is 26.4 Å². The van der Waals surface area contributed by atoms with Crippen LogP contribution in [0.1, 0.15) is 136 Å². The zero-order valence-corrected chi connectivity index (χ0v) is 32.0. The molecule has 1 amide bonds. The van der Waals surface area contributed by atoms with E-state index in [-0.39, 0.29) is 32.1 Å². The van der Waals surface area contributed by atoms with Crippen molar-refractivity contribution in [3.05, 3.63) is 72.9 Å². The molecule has 0 bridgehead atoms. The second-order valence-corrected chi connectivity index (χ2v) is 13.6. The summed E-state index contributed by atoms with van der Waals surface area (Å²) in [6.45, 7) is 3.30. The summed E-state index contributed by atoms with van der Waals surface area (Å²) < 4.78 is 26.7. The molecule has 0 heterocycles. The van der Waals surface area contributed by atoms with Gasteiger partial charge in [-0.15, -0.1) is 0 Å². The van der Waals surface area contributed by atoms with Crippen LogP contribution in [-0.2, 0) is 27.9 Å². The monoisotopic (exact) mass is 721 g/mol. The predicted octanol–water partition coefficient (Wildman–Crippen LogP) is 9.93. The van der Waals surface area contributed by atoms with Gasteiger partial charge in [0.05, 0.1) is 13.2 Å². The number of phosphoric ester groups is 1. The van der Waals surface area contributed by atoms with Gasteiger partial charge in [0.2, 0.25) is 5.91 Å². The maximum atomic E-state index is 12.0. The SMILES string of the molecule is CC/C=C\C/C=C\C/C=C\C/C=C\C/C=C\C/C=C\CCC(=O)NCCOP(=O)(O)OCC(O)COC(=O)CCCCCCCCCCCC. The highest BCUT2D eigenvalue weighted by Gasteiger charge is 2.23. The number of rotatable bonds is 34. The van der Waals surface area contributed by atoms with Crippen LogP contribution in [0, 0.1) is 0 Å². The highest BCUT2D eigenvalue weighted by Crippen LogP contribution is 2.42. The highest BCUT2D eigenvalue weighted by molar-refractivity contribution is 7.47. The molecular formula is C40H68NO8P. The Bertz CT molecular complexity index is 1050. The lowest BCUT2D eigenvalue weighted by molar-refractivity contribution is -0.147. The summed E-state index contributed by atoms with van der Waals surface area (Å²) in [5, 5.41) is 12.6. The molecule has 0 aromatic rings. The molecule has 10 heteroatoms. The van der Waals surface area contributed by atoms with Crippen molar-refractivity contribution < 1.29 is 37.9 Å². The predicted molar refractivity (Wildman–Crippen MR) is 206 cm³/mol. The fourth-order valence-electron chi connectivity index (χ4n) is 4.58. The van der Waals surface area contributed by atoms with E-state index in [4.69, 9.17) is 13.8 Å². The van der Waals surface area contributed by atoms with Gasteiger partial charge in [-0.25, -0.2) is 4.57 Å². The van der Waals surface area contributed by atoms with Gasteiger partial charge in [-0.2, -0.15) is 0 Å². The third kappa shape index (κ3) is 36.7. The molecule has 0 aromatic carbocycles. The molecule has 3 N–H and O–H groups in total. The minimum absolute atomic E-state index is 0.0373. The van der Waals surface area contributed by atoms with Crippen LogP contribution in [0.25, 0.3) is 0 Å². The molecule has 0 aliphatic heterocycles. The standard InChI is InChI=1S/C40H68NO8P/c1-3-5-7-9-11-13-15-16-17-18-19-20-21-22-23-24-26-28-30-32-39(43)41-34-35-48-50(45,46)49-37-38(42)36-47-40(44)33-31-29-27-25-14-12-10-8-6-4-2/h5,7,11,13,16-17,19-20,22-23,26,28,38,42H,3-4,6,8-10,12,14-15,18,21,24-25,27,29-37H2,1-2H3,(H,41,43)(H,45,46)/b7-5-,13-11-,17-16-,20-19-,23-22-,28-26-. The lowest BCUT2D eigenvalue weighted by Gasteiger charge is -2.15. The Kier molecular flexibility index (Phi) is 34.4. The minimum atomic E-state index is -4.43. The number of amides is 1. The van der Waals surface area contributed by atoms with Crippen LogP contribution >= 0.6 is 7.82 Å². The van der Waals surface area contributed by atoms with E-state index in [9.17, 15) is 24.2 Å². The summed E-state index contributed by atoms with van der Waals surface area (Å²) in [7, 11) is -4.43. The number of ether oxygens (including phenoxy) is 1. The van der Waals surface area contributed by atoms with Crippen molar-refractivity contribution in [2.45, 2.75) is 142 Å². The van der Waals surface area contributed by atoms with E-state index in [0.717, 1.165) is 57.8 Å². The van der Waals surface area contributed by atoms with Gasteiger partial charge >= 0.3 is 13.8 Å². The Morgan fingerprint density at radius 1 is 0.640 bits per heavy atom. The Labute approximate surface area is 303 Å². The molecule has 0 aliphatic carbocycles. The van der Waals surface area contributed by atoms with Crippen molar-refractivity contribution in [3.8, 4) is 0 Å². The molecule has 0 aliphatic rings. The number of carbonyl (C=O) groups is 2. The van der Waals surface area contributed by atoms with Crippen LogP contribution in [-0.4, -0.2) is 54.3 Å². The van der Waals surface area contributed by atoms with E-state index in [2.05, 4.69) is 79.9 Å². The number of phosphoric acid groups is 1. The molecule has 0 saturated carbocycles. The molecule has 0 fully saturated rings. The summed E-state index contributed by atoms with van der Waals surface area (Å²) in [5.41, 5.74) is 0. The summed E-state index contributed by atoms with van der Waals surface area (Å²) in [6, 6.07) is 0. The van der Waals surface area contributed by atoms with E-state index in [1.54, 1.807) is 0 Å². The number of unbranched alkanes of at least 4 members (excludes halogenated alkanes) is 9. The van der Waals surface area contributed by atoms with Crippen molar-refractivity contribution in [1.29, 1.82) is 0 Å². The minimum Gasteiger partial charge on any atom is -0.463 e. The van der Waals surface area contributed by atoms with Gasteiger partial charge in [0.15, 0.2) is 0 Å². The third-order valence-corrected chi connectivity index (χ3v) is 8.40. The first-order valence-corrected chi connectivity index (χ1v) is 20.4. The number of aliphatic hydroxyl groups excluding tert-OH is 1. The smallest absolute Gasteiger partial charge is 0.463 e. The van der Waals surface area contributed by atoms with Crippen LogP contribution in [0.4, 0.5) is 0 Å². The molecule has 0 aromatic heterocycles. The second kappa shape index (κ2) is 36.2. The number of hydrogen-bond acceptors (Lipinski definition) is 7. The molecular weight excluding hydrogens is 653 g/mol. The normalized spacial score (nSPS) is 14.2. The zero-order valence-electron chi connectivity index (χ0n) is 31.1. The molecule has 0 rings (SSSR count). The van der Waals surface area contributed by atoms with Gasteiger partial charge in [-0.3, -0.25) is 18.6 Å². The largest absolute Gasteiger partial charge is 0.472 e. The second-order valence-electron chi connectivity index (χ2n) is 12.2. The number of carbonyl (C=O) groups excluding carboxylic acids is 2. The van der Waals surface area contributed by atoms with Gasteiger partial charge in [0.25, 0.3) is 0 Å². The lowest BCUT2D eigenvalue weighted by atomic mass is 10.1. The number of aliphatic hydroxyl groups is 1. The van der Waals surface area contributed by atoms with Crippen LogP contribution in [0.5, 0.6) is 0 Å². The molecule has 9 nitrogen and oxygen atoms in total. The van der Waals surface area contributed by atoms with Crippen LogP contribution in [0.3, 0.4) is 0 Å². The van der Waals surface area contributed by atoms with Crippen LogP contribution in [0.15, 0.2) is 72.9 Å². The first-order chi connectivity index (χ1) is 24.3. The Hall–Kier alpha value is -2.55.